The number of hydrogen-bond acceptors (Lipinski definition) is 2. The molecule has 0 aliphatic heterocycles. The highest BCUT2D eigenvalue weighted by molar-refractivity contribution is 5.86. The van der Waals surface area contributed by atoms with E-state index in [9.17, 15) is 9.59 Å². The third kappa shape index (κ3) is 2.25. The average molecular weight is 198 g/mol. The molecule has 1 aromatic heterocycles. The fourth-order valence-electron chi connectivity index (χ4n) is 1.11. The summed E-state index contributed by atoms with van der Waals surface area (Å²) in [6.45, 7) is 4.63. The molecule has 2 N–H and O–H groups in total. The number of carbonyl (C=O) groups is 1. The van der Waals surface area contributed by atoms with Gasteiger partial charge in [0.05, 0.1) is 0 Å². The number of carboxylic acid groups (broad SMARTS) is 1. The third-order valence-electron chi connectivity index (χ3n) is 2.00. The van der Waals surface area contributed by atoms with Crippen LogP contribution in [-0.4, -0.2) is 20.9 Å². The number of nitrogens with zero attached hydrogens (tertiary/aromatic N) is 1. The molecule has 5 heteroatoms. The predicted octanol–water partition coefficient (Wildman–Crippen LogP) is 0.921. The lowest BCUT2D eigenvalue weighted by atomic mass is 10.1. The zero-order valence-electron chi connectivity index (χ0n) is 8.28. The van der Waals surface area contributed by atoms with Gasteiger partial charge in [-0.15, -0.1) is 0 Å². The van der Waals surface area contributed by atoms with E-state index < -0.39 is 11.5 Å². The number of aromatic amines is 1. The molecule has 1 aromatic rings. The molecule has 0 atom stereocenters. The van der Waals surface area contributed by atoms with Crippen molar-refractivity contribution < 1.29 is 9.90 Å². The maximum atomic E-state index is 11.4. The number of aromatic carboxylic acids is 1. The summed E-state index contributed by atoms with van der Waals surface area (Å²) in [5.41, 5.74) is -0.660. The van der Waals surface area contributed by atoms with Crippen molar-refractivity contribution in [2.75, 3.05) is 0 Å². The van der Waals surface area contributed by atoms with Crippen LogP contribution in [0.25, 0.3) is 0 Å². The SMILES string of the molecule is CC(C)CCn1[nH]cc(C(=O)O)c1=O. The van der Waals surface area contributed by atoms with Crippen LogP contribution < -0.4 is 5.56 Å². The van der Waals surface area contributed by atoms with Gasteiger partial charge < -0.3 is 10.2 Å². The minimum Gasteiger partial charge on any atom is -0.477 e. The van der Waals surface area contributed by atoms with Crippen molar-refractivity contribution in [1.82, 2.24) is 9.78 Å². The monoisotopic (exact) mass is 198 g/mol. The quantitative estimate of drug-likeness (QED) is 0.755. The Bertz CT molecular complexity index is 376. The molecule has 78 valence electrons. The third-order valence-corrected chi connectivity index (χ3v) is 2.00. The van der Waals surface area contributed by atoms with Crippen LogP contribution in [0.15, 0.2) is 11.0 Å². The summed E-state index contributed by atoms with van der Waals surface area (Å²) < 4.78 is 1.32. The lowest BCUT2D eigenvalue weighted by molar-refractivity contribution is 0.0695. The highest BCUT2D eigenvalue weighted by atomic mass is 16.4. The summed E-state index contributed by atoms with van der Waals surface area (Å²) in [5, 5.41) is 11.3. The molecule has 0 aliphatic rings. The molecule has 0 spiro atoms. The second-order valence-electron chi connectivity index (χ2n) is 3.63. The van der Waals surface area contributed by atoms with E-state index >= 15 is 0 Å². The van der Waals surface area contributed by atoms with Gasteiger partial charge in [0.15, 0.2) is 0 Å². The number of nitrogens with one attached hydrogen (secondary N) is 1. The molecule has 0 aliphatic carbocycles. The maximum absolute atomic E-state index is 11.4. The number of rotatable bonds is 4. The Balaban J connectivity index is 2.80. The van der Waals surface area contributed by atoms with E-state index in [1.807, 2.05) is 13.8 Å². The molecule has 0 fully saturated rings. The van der Waals surface area contributed by atoms with Gasteiger partial charge in [0, 0.05) is 12.7 Å². The second-order valence-corrected chi connectivity index (χ2v) is 3.63. The van der Waals surface area contributed by atoms with Crippen LogP contribution in [0.5, 0.6) is 0 Å². The van der Waals surface area contributed by atoms with Crippen LogP contribution >= 0.6 is 0 Å². The lowest BCUT2D eigenvalue weighted by Gasteiger charge is -2.03. The zero-order chi connectivity index (χ0) is 10.7. The Morgan fingerprint density at radius 3 is 2.71 bits per heavy atom. The van der Waals surface area contributed by atoms with Gasteiger partial charge in [-0.05, 0) is 12.3 Å². The van der Waals surface area contributed by atoms with Gasteiger partial charge in [-0.3, -0.25) is 9.48 Å². The Hall–Kier alpha value is -1.52. The van der Waals surface area contributed by atoms with E-state index in [2.05, 4.69) is 5.10 Å². The van der Waals surface area contributed by atoms with Crippen molar-refractivity contribution in [3.05, 3.63) is 22.1 Å². The normalized spacial score (nSPS) is 10.8. The predicted molar refractivity (Wildman–Crippen MR) is 51.5 cm³/mol. The summed E-state index contributed by atoms with van der Waals surface area (Å²) >= 11 is 0. The molecule has 0 radical (unpaired) electrons. The van der Waals surface area contributed by atoms with Crippen molar-refractivity contribution in [2.45, 2.75) is 26.8 Å². The van der Waals surface area contributed by atoms with E-state index in [1.165, 1.54) is 10.9 Å². The van der Waals surface area contributed by atoms with E-state index in [0.29, 0.717) is 12.5 Å². The first-order valence-corrected chi connectivity index (χ1v) is 4.54. The molecular weight excluding hydrogens is 184 g/mol. The van der Waals surface area contributed by atoms with E-state index in [0.717, 1.165) is 6.42 Å². The molecule has 0 saturated carbocycles. The molecule has 0 bridgehead atoms. The average Bonchev–Trinajstić information content (AvgIpc) is 2.43. The molecule has 14 heavy (non-hydrogen) atoms. The summed E-state index contributed by atoms with van der Waals surface area (Å²) in [6, 6.07) is 0. The topological polar surface area (TPSA) is 75.1 Å². The molecule has 0 unspecified atom stereocenters. The van der Waals surface area contributed by atoms with Gasteiger partial charge in [-0.25, -0.2) is 4.79 Å². The summed E-state index contributed by atoms with van der Waals surface area (Å²) in [7, 11) is 0. The van der Waals surface area contributed by atoms with Gasteiger partial charge in [0.1, 0.15) is 5.56 Å². The fraction of sp³-hybridized carbons (Fsp3) is 0.556. The first-order chi connectivity index (χ1) is 6.52. The van der Waals surface area contributed by atoms with Crippen molar-refractivity contribution in [3.8, 4) is 0 Å². The summed E-state index contributed by atoms with van der Waals surface area (Å²) in [5.74, 6) is -0.701. The Morgan fingerprint density at radius 2 is 2.29 bits per heavy atom. The zero-order valence-corrected chi connectivity index (χ0v) is 8.28. The van der Waals surface area contributed by atoms with Crippen LogP contribution in [-0.2, 0) is 6.54 Å². The second kappa shape index (κ2) is 4.13. The number of aryl methyl sites for hydroxylation is 1. The standard InChI is InChI=1S/C9H14N2O3/c1-6(2)3-4-11-8(12)7(5-10-11)9(13)14/h5-6,10H,3-4H2,1-2H3,(H,13,14). The highest BCUT2D eigenvalue weighted by Crippen LogP contribution is 2.00. The van der Waals surface area contributed by atoms with E-state index in [1.54, 1.807) is 0 Å². The Morgan fingerprint density at radius 1 is 1.64 bits per heavy atom. The van der Waals surface area contributed by atoms with Crippen LogP contribution in [0.1, 0.15) is 30.6 Å². The van der Waals surface area contributed by atoms with Crippen LogP contribution in [0, 0.1) is 5.92 Å². The lowest BCUT2D eigenvalue weighted by Crippen LogP contribution is -2.22. The smallest absolute Gasteiger partial charge is 0.342 e. The summed E-state index contributed by atoms with van der Waals surface area (Å²) in [6.07, 6.45) is 2.07. The number of hydrogen-bond donors (Lipinski definition) is 2. The van der Waals surface area contributed by atoms with Crippen molar-refractivity contribution in [1.29, 1.82) is 0 Å². The van der Waals surface area contributed by atoms with Gasteiger partial charge in [-0.1, -0.05) is 13.8 Å². The fourth-order valence-corrected chi connectivity index (χ4v) is 1.11. The number of carboxylic acids is 1. The molecule has 0 aromatic carbocycles. The van der Waals surface area contributed by atoms with Crippen LogP contribution in [0.4, 0.5) is 0 Å². The molecule has 1 heterocycles. The van der Waals surface area contributed by atoms with Gasteiger partial charge in [0.25, 0.3) is 5.56 Å². The minimum absolute atomic E-state index is 0.200. The Kier molecular flexibility index (Phi) is 3.11. The molecule has 0 amide bonds. The molecule has 1 rings (SSSR count). The molecule has 5 nitrogen and oxygen atoms in total. The van der Waals surface area contributed by atoms with Crippen LogP contribution in [0.2, 0.25) is 0 Å². The first-order valence-electron chi connectivity index (χ1n) is 4.54. The number of aromatic nitrogens is 2. The largest absolute Gasteiger partial charge is 0.477 e. The maximum Gasteiger partial charge on any atom is 0.342 e. The van der Waals surface area contributed by atoms with Crippen molar-refractivity contribution in [2.24, 2.45) is 5.92 Å². The van der Waals surface area contributed by atoms with Gasteiger partial charge in [-0.2, -0.15) is 0 Å². The van der Waals surface area contributed by atoms with E-state index in [-0.39, 0.29) is 5.56 Å². The van der Waals surface area contributed by atoms with Crippen LogP contribution in [0.3, 0.4) is 0 Å². The number of H-pyrrole nitrogens is 1. The van der Waals surface area contributed by atoms with Crippen molar-refractivity contribution >= 4 is 5.97 Å². The highest BCUT2D eigenvalue weighted by Gasteiger charge is 2.12. The molecular formula is C9H14N2O3. The van der Waals surface area contributed by atoms with Crippen molar-refractivity contribution in [3.63, 3.8) is 0 Å². The summed E-state index contributed by atoms with van der Waals surface area (Å²) in [4.78, 5) is 21.9. The molecule has 0 saturated heterocycles. The minimum atomic E-state index is -1.19. The first kappa shape index (κ1) is 10.6. The van der Waals surface area contributed by atoms with Gasteiger partial charge >= 0.3 is 5.97 Å². The Labute approximate surface area is 81.3 Å². The van der Waals surface area contributed by atoms with Gasteiger partial charge in [0.2, 0.25) is 0 Å². The van der Waals surface area contributed by atoms with E-state index in [4.69, 9.17) is 5.11 Å².